The third kappa shape index (κ3) is 3.94. The Morgan fingerprint density at radius 2 is 1.86 bits per heavy atom. The van der Waals surface area contributed by atoms with Gasteiger partial charge in [0, 0.05) is 16.0 Å². The van der Waals surface area contributed by atoms with Gasteiger partial charge in [0.1, 0.15) is 17.2 Å². The molecule has 0 fully saturated rings. The minimum Gasteiger partial charge on any atom is -0.462 e. The number of benzene rings is 2. The Morgan fingerprint density at radius 3 is 2.54 bits per heavy atom. The lowest BCUT2D eigenvalue weighted by molar-refractivity contribution is -0.137. The van der Waals surface area contributed by atoms with E-state index in [1.807, 2.05) is 0 Å². The van der Waals surface area contributed by atoms with Crippen LogP contribution in [0.5, 0.6) is 0 Å². The van der Waals surface area contributed by atoms with Crippen molar-refractivity contribution in [2.24, 2.45) is 0 Å². The monoisotopic (exact) mass is 413 g/mol. The molecular formula is C19H12F5NO2S. The number of rotatable bonds is 4. The van der Waals surface area contributed by atoms with Crippen LogP contribution >= 0.6 is 11.8 Å². The van der Waals surface area contributed by atoms with E-state index < -0.39 is 29.3 Å². The van der Waals surface area contributed by atoms with Crippen molar-refractivity contribution in [3.05, 3.63) is 65.4 Å². The number of carbonyl (C=O) groups is 1. The van der Waals surface area contributed by atoms with E-state index in [9.17, 15) is 26.7 Å². The maximum Gasteiger partial charge on any atom is 0.416 e. The molecule has 0 atom stereocenters. The van der Waals surface area contributed by atoms with Gasteiger partial charge >= 0.3 is 12.1 Å². The Kier molecular flexibility index (Phi) is 5.55. The number of halogens is 5. The van der Waals surface area contributed by atoms with Crippen LogP contribution in [0.3, 0.4) is 0 Å². The number of ether oxygens (including phenoxy) is 1. The first-order chi connectivity index (χ1) is 13.2. The van der Waals surface area contributed by atoms with Gasteiger partial charge < -0.3 is 4.74 Å². The third-order valence-electron chi connectivity index (χ3n) is 3.75. The second kappa shape index (κ2) is 7.75. The normalized spacial score (nSPS) is 11.6. The fraction of sp³-hybridized carbons (Fsp3) is 0.158. The van der Waals surface area contributed by atoms with Crippen LogP contribution in [0, 0.1) is 11.6 Å². The molecule has 0 bridgehead atoms. The van der Waals surface area contributed by atoms with E-state index in [2.05, 4.69) is 4.98 Å². The number of nitrogens with zero attached hydrogens (tertiary/aromatic N) is 1. The molecule has 0 spiro atoms. The molecule has 3 nitrogen and oxygen atoms in total. The van der Waals surface area contributed by atoms with Gasteiger partial charge in [-0.1, -0.05) is 17.8 Å². The first-order valence-corrected chi connectivity index (χ1v) is 8.83. The molecule has 0 amide bonds. The predicted molar refractivity (Wildman–Crippen MR) is 93.2 cm³/mol. The maximum absolute atomic E-state index is 14.5. The van der Waals surface area contributed by atoms with Crippen LogP contribution in [0.2, 0.25) is 0 Å². The van der Waals surface area contributed by atoms with Gasteiger partial charge in [-0.25, -0.2) is 13.6 Å². The summed E-state index contributed by atoms with van der Waals surface area (Å²) in [6.07, 6.45) is -3.54. The van der Waals surface area contributed by atoms with E-state index in [1.54, 1.807) is 6.92 Å². The Balaban J connectivity index is 2.21. The average Bonchev–Trinajstić information content (AvgIpc) is 2.64. The highest BCUT2D eigenvalue weighted by Gasteiger charge is 2.31. The van der Waals surface area contributed by atoms with Gasteiger partial charge in [0.2, 0.25) is 0 Å². The number of hydrogen-bond donors (Lipinski definition) is 0. The van der Waals surface area contributed by atoms with Crippen molar-refractivity contribution >= 4 is 28.6 Å². The van der Waals surface area contributed by atoms with E-state index in [0.29, 0.717) is 11.8 Å². The smallest absolute Gasteiger partial charge is 0.416 e. The third-order valence-corrected chi connectivity index (χ3v) is 4.87. The highest BCUT2D eigenvalue weighted by Crippen LogP contribution is 2.40. The van der Waals surface area contributed by atoms with Crippen molar-refractivity contribution in [2.75, 3.05) is 6.61 Å². The van der Waals surface area contributed by atoms with Gasteiger partial charge in [0.25, 0.3) is 0 Å². The second-order valence-corrected chi connectivity index (χ2v) is 6.69. The van der Waals surface area contributed by atoms with Crippen molar-refractivity contribution in [1.29, 1.82) is 0 Å². The standard InChI is InChI=1S/C19H12F5NO2S/c1-2-27-18(26)12-9-25-16-14(21)7-6-13(20)15(16)17(12)28-11-5-3-4-10(8-11)19(22,23)24/h3-9H,2H2,1H3. The number of pyridine rings is 1. The van der Waals surface area contributed by atoms with Gasteiger partial charge in [0.15, 0.2) is 0 Å². The quantitative estimate of drug-likeness (QED) is 0.397. The number of alkyl halides is 3. The molecule has 2 aromatic carbocycles. The molecule has 146 valence electrons. The summed E-state index contributed by atoms with van der Waals surface area (Å²) in [5, 5.41) is -0.298. The van der Waals surface area contributed by atoms with Crippen molar-refractivity contribution < 1.29 is 31.5 Å². The van der Waals surface area contributed by atoms with E-state index in [-0.39, 0.29) is 32.9 Å². The molecule has 0 radical (unpaired) electrons. The summed E-state index contributed by atoms with van der Waals surface area (Å²) in [5.41, 5.74) is -1.40. The lowest BCUT2D eigenvalue weighted by atomic mass is 10.1. The summed E-state index contributed by atoms with van der Waals surface area (Å²) >= 11 is 0.704. The number of fused-ring (bicyclic) bond motifs is 1. The first kappa shape index (κ1) is 20.1. The average molecular weight is 413 g/mol. The number of carbonyl (C=O) groups excluding carboxylic acids is 1. The van der Waals surface area contributed by atoms with Crippen molar-refractivity contribution in [3.8, 4) is 0 Å². The lowest BCUT2D eigenvalue weighted by Gasteiger charge is -2.13. The van der Waals surface area contributed by atoms with Crippen LogP contribution in [-0.2, 0) is 10.9 Å². The molecule has 0 saturated heterocycles. The number of hydrogen-bond acceptors (Lipinski definition) is 4. The highest BCUT2D eigenvalue weighted by atomic mass is 32.2. The molecule has 0 aliphatic heterocycles. The molecular weight excluding hydrogens is 401 g/mol. The van der Waals surface area contributed by atoms with Crippen LogP contribution < -0.4 is 0 Å². The Labute approximate surface area is 160 Å². The molecule has 0 aliphatic carbocycles. The van der Waals surface area contributed by atoms with Crippen LogP contribution in [0.15, 0.2) is 52.4 Å². The summed E-state index contributed by atoms with van der Waals surface area (Å²) in [7, 11) is 0. The summed E-state index contributed by atoms with van der Waals surface area (Å²) < 4.78 is 72.4. The second-order valence-electron chi connectivity index (χ2n) is 5.60. The fourth-order valence-corrected chi connectivity index (χ4v) is 3.63. The minimum atomic E-state index is -4.57. The Bertz CT molecular complexity index is 1050. The summed E-state index contributed by atoms with van der Waals surface area (Å²) in [6, 6.07) is 6.07. The van der Waals surface area contributed by atoms with Crippen LogP contribution in [0.4, 0.5) is 22.0 Å². The number of esters is 1. The molecule has 9 heteroatoms. The molecule has 0 saturated carbocycles. The SMILES string of the molecule is CCOC(=O)c1cnc2c(F)ccc(F)c2c1Sc1cccc(C(F)(F)F)c1. The van der Waals surface area contributed by atoms with Crippen molar-refractivity contribution in [2.45, 2.75) is 22.9 Å². The zero-order valence-corrected chi connectivity index (χ0v) is 15.1. The summed E-state index contributed by atoms with van der Waals surface area (Å²) in [4.78, 5) is 16.1. The Morgan fingerprint density at radius 1 is 1.14 bits per heavy atom. The summed E-state index contributed by atoms with van der Waals surface area (Å²) in [5.74, 6) is -2.52. The first-order valence-electron chi connectivity index (χ1n) is 8.01. The molecule has 0 unspecified atom stereocenters. The lowest BCUT2D eigenvalue weighted by Crippen LogP contribution is -2.08. The predicted octanol–water partition coefficient (Wildman–Crippen LogP) is 5.86. The number of aromatic nitrogens is 1. The van der Waals surface area contributed by atoms with Gasteiger partial charge in [-0.05, 0) is 37.3 Å². The molecule has 0 aliphatic rings. The molecule has 1 aromatic heterocycles. The van der Waals surface area contributed by atoms with E-state index in [1.165, 1.54) is 12.1 Å². The van der Waals surface area contributed by atoms with E-state index >= 15 is 0 Å². The molecule has 3 aromatic rings. The molecule has 28 heavy (non-hydrogen) atoms. The van der Waals surface area contributed by atoms with Gasteiger partial charge in [0.05, 0.1) is 23.1 Å². The summed E-state index contributed by atoms with van der Waals surface area (Å²) in [6.45, 7) is 1.59. The Hall–Kier alpha value is -2.68. The van der Waals surface area contributed by atoms with Crippen molar-refractivity contribution in [3.63, 3.8) is 0 Å². The molecule has 0 N–H and O–H groups in total. The zero-order valence-electron chi connectivity index (χ0n) is 14.3. The van der Waals surface area contributed by atoms with Gasteiger partial charge in [-0.2, -0.15) is 13.2 Å². The van der Waals surface area contributed by atoms with Crippen LogP contribution in [0.25, 0.3) is 10.9 Å². The minimum absolute atomic E-state index is 0.0240. The largest absolute Gasteiger partial charge is 0.462 e. The topological polar surface area (TPSA) is 39.2 Å². The van der Waals surface area contributed by atoms with Crippen molar-refractivity contribution in [1.82, 2.24) is 4.98 Å². The van der Waals surface area contributed by atoms with Crippen LogP contribution in [-0.4, -0.2) is 17.6 Å². The molecule has 1 heterocycles. The van der Waals surface area contributed by atoms with Crippen LogP contribution in [0.1, 0.15) is 22.8 Å². The fourth-order valence-electron chi connectivity index (χ4n) is 2.52. The van der Waals surface area contributed by atoms with Gasteiger partial charge in [-0.3, -0.25) is 4.98 Å². The zero-order chi connectivity index (χ0) is 20.5. The highest BCUT2D eigenvalue weighted by molar-refractivity contribution is 7.99. The van der Waals surface area contributed by atoms with E-state index in [0.717, 1.165) is 30.5 Å². The van der Waals surface area contributed by atoms with E-state index in [4.69, 9.17) is 4.74 Å². The molecule has 3 rings (SSSR count). The maximum atomic E-state index is 14.5. The van der Waals surface area contributed by atoms with Gasteiger partial charge in [-0.15, -0.1) is 0 Å².